The van der Waals surface area contributed by atoms with Gasteiger partial charge < -0.3 is 21.7 Å². The van der Waals surface area contributed by atoms with E-state index in [2.05, 4.69) is 16.0 Å². The quantitative estimate of drug-likeness (QED) is 0.505. The zero-order chi connectivity index (χ0) is 20.4. The monoisotopic (exact) mass is 360 g/mol. The minimum atomic E-state index is -0.443. The van der Waals surface area contributed by atoms with Gasteiger partial charge in [0.05, 0.1) is 12.6 Å². The van der Waals surface area contributed by atoms with Gasteiger partial charge in [-0.3, -0.25) is 9.59 Å². The van der Waals surface area contributed by atoms with E-state index in [1.54, 1.807) is 6.92 Å². The van der Waals surface area contributed by atoms with E-state index in [-0.39, 0.29) is 36.2 Å². The maximum atomic E-state index is 11.8. The summed E-state index contributed by atoms with van der Waals surface area (Å²) < 4.78 is 0. The molecule has 0 saturated carbocycles. The van der Waals surface area contributed by atoms with Gasteiger partial charge in [0.25, 0.3) is 0 Å². The van der Waals surface area contributed by atoms with Gasteiger partial charge in [-0.1, -0.05) is 55.4 Å². The average molecular weight is 361 g/mol. The molecule has 3 amide bonds. The number of hydrogen-bond acceptors (Lipinski definition) is 4. The van der Waals surface area contributed by atoms with Crippen molar-refractivity contribution in [2.24, 2.45) is 11.7 Å². The first kappa shape index (κ1) is 28.2. The molecule has 25 heavy (non-hydrogen) atoms. The van der Waals surface area contributed by atoms with E-state index in [0.717, 1.165) is 6.42 Å². The van der Waals surface area contributed by atoms with Gasteiger partial charge in [0, 0.05) is 19.0 Å². The number of carbonyl (C=O) groups is 3. The van der Waals surface area contributed by atoms with Gasteiger partial charge in [0.2, 0.25) is 5.91 Å². The first-order chi connectivity index (χ1) is 11.6. The van der Waals surface area contributed by atoms with Crippen molar-refractivity contribution in [1.82, 2.24) is 16.0 Å². The van der Waals surface area contributed by atoms with Crippen molar-refractivity contribution in [3.8, 4) is 0 Å². The molecule has 0 aromatic rings. The van der Waals surface area contributed by atoms with E-state index >= 15 is 0 Å². The number of primary amides is 1. The van der Waals surface area contributed by atoms with Crippen LogP contribution in [0.4, 0.5) is 4.79 Å². The number of hydrogen-bond donors (Lipinski definition) is 4. The SMILES string of the molecule is CC.CCC(=O)CNC(=O)C(NC(C)C)C(C)C.CCCNC(N)=O. The molecule has 7 nitrogen and oxygen atoms in total. The van der Waals surface area contributed by atoms with Gasteiger partial charge in [-0.2, -0.15) is 0 Å². The fourth-order valence-corrected chi connectivity index (χ4v) is 1.60. The first-order valence-electron chi connectivity index (χ1n) is 9.24. The molecule has 5 N–H and O–H groups in total. The Balaban J connectivity index is -0.000000450. The van der Waals surface area contributed by atoms with Gasteiger partial charge in [0.15, 0.2) is 5.78 Å². The predicted molar refractivity (Wildman–Crippen MR) is 104 cm³/mol. The van der Waals surface area contributed by atoms with Crippen molar-refractivity contribution < 1.29 is 14.4 Å². The van der Waals surface area contributed by atoms with Crippen LogP contribution < -0.4 is 21.7 Å². The fourth-order valence-electron chi connectivity index (χ4n) is 1.60. The minimum absolute atomic E-state index is 0.0559. The highest BCUT2D eigenvalue weighted by Crippen LogP contribution is 2.03. The summed E-state index contributed by atoms with van der Waals surface area (Å²) in [6.45, 7) is 16.5. The maximum absolute atomic E-state index is 11.8. The number of ketones is 1. The van der Waals surface area contributed by atoms with Crippen molar-refractivity contribution in [3.63, 3.8) is 0 Å². The molecule has 0 aliphatic carbocycles. The predicted octanol–water partition coefficient (Wildman–Crippen LogP) is 2.20. The summed E-state index contributed by atoms with van der Waals surface area (Å²) >= 11 is 0. The fraction of sp³-hybridized carbons (Fsp3) is 0.833. The number of amides is 3. The standard InChI is InChI=1S/C12H24N2O2.C4H10N2O.C2H6/c1-6-10(15)7-13-12(16)11(8(2)3)14-9(4)5;1-2-3-6-4(5)7;1-2/h8-9,11,14H,6-7H2,1-5H3,(H,13,16);2-3H2,1H3,(H3,5,6,7);1-2H3. The van der Waals surface area contributed by atoms with Crippen LogP contribution in [0.3, 0.4) is 0 Å². The lowest BCUT2D eigenvalue weighted by molar-refractivity contribution is -0.127. The Labute approximate surface area is 153 Å². The molecule has 7 heteroatoms. The number of urea groups is 1. The van der Waals surface area contributed by atoms with Crippen LogP contribution in [0.5, 0.6) is 0 Å². The lowest BCUT2D eigenvalue weighted by atomic mass is 10.0. The molecule has 0 aromatic heterocycles. The molecule has 0 rings (SSSR count). The Morgan fingerprint density at radius 2 is 1.48 bits per heavy atom. The molecule has 1 unspecified atom stereocenters. The second-order valence-electron chi connectivity index (χ2n) is 5.94. The van der Waals surface area contributed by atoms with Crippen LogP contribution in [0.15, 0.2) is 0 Å². The molecule has 0 heterocycles. The summed E-state index contributed by atoms with van der Waals surface area (Å²) in [5, 5.41) is 8.30. The lowest BCUT2D eigenvalue weighted by Crippen LogP contribution is -2.50. The molecule has 0 aliphatic rings. The largest absolute Gasteiger partial charge is 0.352 e. The van der Waals surface area contributed by atoms with Crippen LogP contribution in [-0.2, 0) is 9.59 Å². The highest BCUT2D eigenvalue weighted by molar-refractivity contribution is 5.88. The third-order valence-electron chi connectivity index (χ3n) is 2.87. The first-order valence-corrected chi connectivity index (χ1v) is 9.24. The third-order valence-corrected chi connectivity index (χ3v) is 2.87. The average Bonchev–Trinajstić information content (AvgIpc) is 2.57. The lowest BCUT2D eigenvalue weighted by Gasteiger charge is -2.23. The number of rotatable bonds is 9. The topological polar surface area (TPSA) is 113 Å². The Morgan fingerprint density at radius 1 is 0.960 bits per heavy atom. The summed E-state index contributed by atoms with van der Waals surface area (Å²) in [5.74, 6) is 0.171. The van der Waals surface area contributed by atoms with Crippen LogP contribution in [0.1, 0.15) is 68.2 Å². The van der Waals surface area contributed by atoms with E-state index < -0.39 is 6.03 Å². The van der Waals surface area contributed by atoms with Crippen LogP contribution in [0.2, 0.25) is 0 Å². The van der Waals surface area contributed by atoms with E-state index in [1.165, 1.54) is 0 Å². The zero-order valence-corrected chi connectivity index (χ0v) is 17.4. The number of Topliss-reactive ketones (excluding diaryl/α,β-unsaturated/α-hetero) is 1. The van der Waals surface area contributed by atoms with Crippen LogP contribution in [0, 0.1) is 5.92 Å². The van der Waals surface area contributed by atoms with Crippen LogP contribution in [-0.4, -0.2) is 42.9 Å². The number of nitrogens with two attached hydrogens (primary N) is 1. The molecular weight excluding hydrogens is 320 g/mol. The highest BCUT2D eigenvalue weighted by atomic mass is 16.2. The Bertz CT molecular complexity index is 358. The molecule has 0 aromatic carbocycles. The molecule has 0 fully saturated rings. The van der Waals surface area contributed by atoms with Crippen molar-refractivity contribution in [2.75, 3.05) is 13.1 Å². The molecule has 1 atom stereocenters. The van der Waals surface area contributed by atoms with E-state index in [0.29, 0.717) is 13.0 Å². The van der Waals surface area contributed by atoms with Crippen molar-refractivity contribution in [1.29, 1.82) is 0 Å². The van der Waals surface area contributed by atoms with E-state index in [1.807, 2.05) is 48.5 Å². The molecule has 0 spiro atoms. The van der Waals surface area contributed by atoms with Crippen LogP contribution >= 0.6 is 0 Å². The Hall–Kier alpha value is -1.63. The third kappa shape index (κ3) is 20.3. The van der Waals surface area contributed by atoms with Gasteiger partial charge in [-0.15, -0.1) is 0 Å². The molecule has 0 aliphatic heterocycles. The molecule has 0 radical (unpaired) electrons. The van der Waals surface area contributed by atoms with Gasteiger partial charge in [0.1, 0.15) is 0 Å². The number of nitrogens with one attached hydrogen (secondary N) is 3. The molecular formula is C18H40N4O3. The van der Waals surface area contributed by atoms with Crippen LogP contribution in [0.25, 0.3) is 0 Å². The molecule has 0 bridgehead atoms. The minimum Gasteiger partial charge on any atom is -0.352 e. The Morgan fingerprint density at radius 3 is 1.76 bits per heavy atom. The summed E-state index contributed by atoms with van der Waals surface area (Å²) in [5.41, 5.74) is 4.73. The van der Waals surface area contributed by atoms with Crippen molar-refractivity contribution in [2.45, 2.75) is 80.3 Å². The smallest absolute Gasteiger partial charge is 0.312 e. The highest BCUT2D eigenvalue weighted by Gasteiger charge is 2.22. The van der Waals surface area contributed by atoms with Gasteiger partial charge >= 0.3 is 6.03 Å². The Kier molecular flexibility index (Phi) is 21.1. The van der Waals surface area contributed by atoms with E-state index in [9.17, 15) is 14.4 Å². The van der Waals surface area contributed by atoms with Gasteiger partial charge in [-0.25, -0.2) is 4.79 Å². The van der Waals surface area contributed by atoms with E-state index in [4.69, 9.17) is 5.73 Å². The van der Waals surface area contributed by atoms with Crippen molar-refractivity contribution in [3.05, 3.63) is 0 Å². The number of carbonyl (C=O) groups excluding carboxylic acids is 3. The zero-order valence-electron chi connectivity index (χ0n) is 17.4. The van der Waals surface area contributed by atoms with Crippen molar-refractivity contribution >= 4 is 17.7 Å². The molecule has 150 valence electrons. The van der Waals surface area contributed by atoms with Gasteiger partial charge in [-0.05, 0) is 12.3 Å². The summed E-state index contributed by atoms with van der Waals surface area (Å²) in [4.78, 5) is 32.8. The molecule has 0 saturated heterocycles. The summed E-state index contributed by atoms with van der Waals surface area (Å²) in [6.07, 6.45) is 1.40. The maximum Gasteiger partial charge on any atom is 0.312 e. The second kappa shape index (κ2) is 18.7. The summed E-state index contributed by atoms with van der Waals surface area (Å²) in [6, 6.07) is -0.425. The summed E-state index contributed by atoms with van der Waals surface area (Å²) in [7, 11) is 0. The normalized spacial score (nSPS) is 10.8. The second-order valence-corrected chi connectivity index (χ2v) is 5.94.